The quantitative estimate of drug-likeness (QED) is 0.857. The molecule has 1 N–H and O–H groups in total. The van der Waals surface area contributed by atoms with Gasteiger partial charge >= 0.3 is 5.97 Å². The zero-order valence-electron chi connectivity index (χ0n) is 10.1. The van der Waals surface area contributed by atoms with Crippen molar-refractivity contribution in [3.8, 4) is 0 Å². The van der Waals surface area contributed by atoms with Crippen molar-refractivity contribution in [2.75, 3.05) is 0 Å². The minimum absolute atomic E-state index is 0.341. The van der Waals surface area contributed by atoms with Crippen molar-refractivity contribution in [2.24, 2.45) is 0 Å². The monoisotopic (exact) mass is 263 g/mol. The predicted molar refractivity (Wildman–Crippen MR) is 68.9 cm³/mol. The second-order valence-electron chi connectivity index (χ2n) is 4.01. The molecule has 0 aliphatic carbocycles. The van der Waals surface area contributed by atoms with E-state index in [1.165, 1.54) is 11.8 Å². The maximum Gasteiger partial charge on any atom is 0.335 e. The average molecular weight is 263 g/mol. The standard InChI is InChI=1S/C13H13NO3S/c1-8-3-4-11(6-12(8)13(15)16)18-7-10-5-9(2)14-17-10/h3-6H,7H2,1-2H3,(H,15,16). The van der Waals surface area contributed by atoms with E-state index >= 15 is 0 Å². The molecular weight excluding hydrogens is 250 g/mol. The molecule has 0 spiro atoms. The molecule has 0 saturated carbocycles. The molecule has 0 unspecified atom stereocenters. The maximum atomic E-state index is 11.0. The van der Waals surface area contributed by atoms with Gasteiger partial charge < -0.3 is 9.63 Å². The largest absolute Gasteiger partial charge is 0.478 e. The van der Waals surface area contributed by atoms with Crippen molar-refractivity contribution in [3.05, 3.63) is 46.8 Å². The molecule has 0 radical (unpaired) electrons. The van der Waals surface area contributed by atoms with E-state index in [-0.39, 0.29) is 0 Å². The third-order valence-electron chi connectivity index (χ3n) is 2.50. The summed E-state index contributed by atoms with van der Waals surface area (Å²) in [7, 11) is 0. The summed E-state index contributed by atoms with van der Waals surface area (Å²) in [5.74, 6) is 0.531. The molecule has 1 aromatic heterocycles. The first-order chi connectivity index (χ1) is 8.56. The van der Waals surface area contributed by atoms with Gasteiger partial charge in [-0.1, -0.05) is 11.2 Å². The Morgan fingerprint density at radius 2 is 2.17 bits per heavy atom. The fourth-order valence-electron chi connectivity index (χ4n) is 1.56. The molecule has 1 heterocycles. The summed E-state index contributed by atoms with van der Waals surface area (Å²) in [4.78, 5) is 11.9. The molecular formula is C13H13NO3S. The molecule has 0 aliphatic heterocycles. The second-order valence-corrected chi connectivity index (χ2v) is 5.05. The molecule has 1 aromatic carbocycles. The Morgan fingerprint density at radius 3 is 2.78 bits per heavy atom. The third-order valence-corrected chi connectivity index (χ3v) is 3.51. The van der Waals surface area contributed by atoms with Crippen LogP contribution in [0.25, 0.3) is 0 Å². The molecule has 18 heavy (non-hydrogen) atoms. The topological polar surface area (TPSA) is 63.3 Å². The minimum atomic E-state index is -0.898. The number of hydrogen-bond donors (Lipinski definition) is 1. The number of aromatic nitrogens is 1. The van der Waals surface area contributed by atoms with Gasteiger partial charge in [0.2, 0.25) is 0 Å². The van der Waals surface area contributed by atoms with Crippen molar-refractivity contribution in [2.45, 2.75) is 24.5 Å². The predicted octanol–water partition coefficient (Wildman–Crippen LogP) is 3.28. The molecule has 0 amide bonds. The van der Waals surface area contributed by atoms with Crippen LogP contribution in [-0.4, -0.2) is 16.2 Å². The van der Waals surface area contributed by atoms with E-state index < -0.39 is 5.97 Å². The smallest absolute Gasteiger partial charge is 0.335 e. The molecule has 0 saturated heterocycles. The lowest BCUT2D eigenvalue weighted by atomic mass is 10.1. The van der Waals surface area contributed by atoms with Gasteiger partial charge in [-0.25, -0.2) is 4.79 Å². The Balaban J connectivity index is 2.10. The van der Waals surface area contributed by atoms with Crippen molar-refractivity contribution in [3.63, 3.8) is 0 Å². The number of carbonyl (C=O) groups is 1. The van der Waals surface area contributed by atoms with Crippen molar-refractivity contribution in [1.82, 2.24) is 5.16 Å². The number of aryl methyl sites for hydroxylation is 2. The number of carboxylic acids is 1. The molecule has 5 heteroatoms. The Bertz CT molecular complexity index is 577. The van der Waals surface area contributed by atoms with Crippen LogP contribution in [0.5, 0.6) is 0 Å². The molecule has 4 nitrogen and oxygen atoms in total. The summed E-state index contributed by atoms with van der Waals surface area (Å²) in [6.07, 6.45) is 0. The Labute approximate surface area is 109 Å². The van der Waals surface area contributed by atoms with Crippen molar-refractivity contribution >= 4 is 17.7 Å². The Kier molecular flexibility index (Phi) is 3.72. The summed E-state index contributed by atoms with van der Waals surface area (Å²) >= 11 is 1.53. The van der Waals surface area contributed by atoms with Gasteiger partial charge in [0.15, 0.2) is 0 Å². The van der Waals surface area contributed by atoms with E-state index in [0.717, 1.165) is 21.9 Å². The molecule has 0 aliphatic rings. The van der Waals surface area contributed by atoms with Crippen LogP contribution in [0.15, 0.2) is 33.7 Å². The van der Waals surface area contributed by atoms with Gasteiger partial charge in [0, 0.05) is 11.0 Å². The Hall–Kier alpha value is -1.75. The van der Waals surface area contributed by atoms with Gasteiger partial charge in [-0.2, -0.15) is 0 Å². The average Bonchev–Trinajstić information content (AvgIpc) is 2.74. The van der Waals surface area contributed by atoms with Crippen LogP contribution in [0.2, 0.25) is 0 Å². The summed E-state index contributed by atoms with van der Waals surface area (Å²) in [6, 6.07) is 7.29. The first kappa shape index (κ1) is 12.7. The molecule has 0 bridgehead atoms. The lowest BCUT2D eigenvalue weighted by Gasteiger charge is -2.04. The van der Waals surface area contributed by atoms with E-state index in [1.54, 1.807) is 13.0 Å². The van der Waals surface area contributed by atoms with Gasteiger partial charge in [0.1, 0.15) is 5.76 Å². The van der Waals surface area contributed by atoms with E-state index in [9.17, 15) is 4.79 Å². The number of nitrogens with zero attached hydrogens (tertiary/aromatic N) is 1. The van der Waals surface area contributed by atoms with Crippen LogP contribution in [0.3, 0.4) is 0 Å². The number of carboxylic acid groups (broad SMARTS) is 1. The highest BCUT2D eigenvalue weighted by molar-refractivity contribution is 7.98. The normalized spacial score (nSPS) is 10.6. The van der Waals surface area contributed by atoms with E-state index in [4.69, 9.17) is 9.63 Å². The number of thioether (sulfide) groups is 1. The zero-order valence-corrected chi connectivity index (χ0v) is 11.0. The van der Waals surface area contributed by atoms with Crippen LogP contribution in [0.1, 0.15) is 27.4 Å². The highest BCUT2D eigenvalue weighted by atomic mass is 32.2. The number of aromatic carboxylic acids is 1. The van der Waals surface area contributed by atoms with Crippen LogP contribution < -0.4 is 0 Å². The zero-order chi connectivity index (χ0) is 13.1. The summed E-state index contributed by atoms with van der Waals surface area (Å²) < 4.78 is 5.10. The van der Waals surface area contributed by atoms with Gasteiger partial charge in [0.05, 0.1) is 17.0 Å². The van der Waals surface area contributed by atoms with Crippen LogP contribution >= 0.6 is 11.8 Å². The summed E-state index contributed by atoms with van der Waals surface area (Å²) in [5.41, 5.74) is 1.96. The van der Waals surface area contributed by atoms with Gasteiger partial charge in [0.25, 0.3) is 0 Å². The van der Waals surface area contributed by atoms with E-state index in [1.807, 2.05) is 25.1 Å². The number of benzene rings is 1. The first-order valence-electron chi connectivity index (χ1n) is 5.45. The number of hydrogen-bond acceptors (Lipinski definition) is 4. The molecule has 0 fully saturated rings. The maximum absolute atomic E-state index is 11.0. The lowest BCUT2D eigenvalue weighted by Crippen LogP contribution is -1.99. The Morgan fingerprint density at radius 1 is 1.39 bits per heavy atom. The van der Waals surface area contributed by atoms with Crippen molar-refractivity contribution in [1.29, 1.82) is 0 Å². The molecule has 2 aromatic rings. The van der Waals surface area contributed by atoms with Crippen LogP contribution in [-0.2, 0) is 5.75 Å². The fraction of sp³-hybridized carbons (Fsp3) is 0.231. The second kappa shape index (κ2) is 5.27. The molecule has 0 atom stereocenters. The van der Waals surface area contributed by atoms with Crippen LogP contribution in [0.4, 0.5) is 0 Å². The number of rotatable bonds is 4. The highest BCUT2D eigenvalue weighted by Crippen LogP contribution is 2.25. The summed E-state index contributed by atoms with van der Waals surface area (Å²) in [6.45, 7) is 3.66. The van der Waals surface area contributed by atoms with E-state index in [2.05, 4.69) is 5.16 Å². The van der Waals surface area contributed by atoms with Gasteiger partial charge in [-0.05, 0) is 31.5 Å². The first-order valence-corrected chi connectivity index (χ1v) is 6.44. The molecule has 94 valence electrons. The van der Waals surface area contributed by atoms with E-state index in [0.29, 0.717) is 11.3 Å². The third kappa shape index (κ3) is 2.92. The minimum Gasteiger partial charge on any atom is -0.478 e. The highest BCUT2D eigenvalue weighted by Gasteiger charge is 2.09. The fourth-order valence-corrected chi connectivity index (χ4v) is 2.37. The van der Waals surface area contributed by atoms with Crippen LogP contribution in [0, 0.1) is 13.8 Å². The van der Waals surface area contributed by atoms with Gasteiger partial charge in [-0.3, -0.25) is 0 Å². The molecule has 2 rings (SSSR count). The van der Waals surface area contributed by atoms with Crippen molar-refractivity contribution < 1.29 is 14.4 Å². The lowest BCUT2D eigenvalue weighted by molar-refractivity contribution is 0.0696. The summed E-state index contributed by atoms with van der Waals surface area (Å²) in [5, 5.41) is 12.8. The SMILES string of the molecule is Cc1cc(CSc2ccc(C)c(C(=O)O)c2)on1. The van der Waals surface area contributed by atoms with Gasteiger partial charge in [-0.15, -0.1) is 11.8 Å².